The molecule has 1 saturated carbocycles. The number of carbonyl (C=O) groups is 1. The molecule has 0 unspecified atom stereocenters. The van der Waals surface area contributed by atoms with Gasteiger partial charge in [0.25, 0.3) is 0 Å². The number of halogens is 1. The third-order valence-corrected chi connectivity index (χ3v) is 3.60. The number of para-hydroxylation sites is 1. The number of aliphatic hydroxyl groups is 1. The van der Waals surface area contributed by atoms with Crippen molar-refractivity contribution >= 4 is 5.91 Å². The molecule has 5 heteroatoms. The molecule has 1 aliphatic rings. The maximum absolute atomic E-state index is 13.2. The van der Waals surface area contributed by atoms with E-state index >= 15 is 0 Å². The molecule has 0 bridgehead atoms. The van der Waals surface area contributed by atoms with Gasteiger partial charge >= 0.3 is 0 Å². The summed E-state index contributed by atoms with van der Waals surface area (Å²) in [4.78, 5) is 11.6. The highest BCUT2D eigenvalue weighted by Crippen LogP contribution is 2.44. The fourth-order valence-electron chi connectivity index (χ4n) is 1.92. The Bertz CT molecular complexity index is 460. The Kier molecular flexibility index (Phi) is 4.95. The molecule has 1 fully saturated rings. The van der Waals surface area contributed by atoms with Gasteiger partial charge in [0.05, 0.1) is 13.2 Å². The zero-order valence-corrected chi connectivity index (χ0v) is 11.4. The van der Waals surface area contributed by atoms with E-state index in [-0.39, 0.29) is 23.7 Å². The number of nitrogens with one attached hydrogen (secondary N) is 1. The third-order valence-electron chi connectivity index (χ3n) is 3.60. The molecule has 2 rings (SSSR count). The minimum atomic E-state index is -0.393. The summed E-state index contributed by atoms with van der Waals surface area (Å²) < 4.78 is 18.5. The number of ether oxygens (including phenoxy) is 1. The van der Waals surface area contributed by atoms with Crippen LogP contribution in [0.3, 0.4) is 0 Å². The van der Waals surface area contributed by atoms with E-state index in [1.54, 1.807) is 18.2 Å². The Balaban J connectivity index is 1.59. The highest BCUT2D eigenvalue weighted by Gasteiger charge is 2.41. The first-order valence-corrected chi connectivity index (χ1v) is 6.90. The van der Waals surface area contributed by atoms with Gasteiger partial charge in [-0.15, -0.1) is 0 Å². The van der Waals surface area contributed by atoms with Crippen LogP contribution < -0.4 is 10.1 Å². The SMILES string of the molecule is O=C(CCCOc1ccccc1F)NCC1(CO)CC1. The molecule has 0 aromatic heterocycles. The number of hydrogen-bond acceptors (Lipinski definition) is 3. The number of rotatable bonds is 8. The van der Waals surface area contributed by atoms with Crippen molar-refractivity contribution in [2.24, 2.45) is 5.41 Å². The maximum Gasteiger partial charge on any atom is 0.220 e. The Hall–Kier alpha value is -1.62. The predicted molar refractivity (Wildman–Crippen MR) is 72.9 cm³/mol. The van der Waals surface area contributed by atoms with Crippen LogP contribution in [0.5, 0.6) is 5.75 Å². The van der Waals surface area contributed by atoms with E-state index < -0.39 is 5.82 Å². The minimum Gasteiger partial charge on any atom is -0.491 e. The molecule has 0 spiro atoms. The smallest absolute Gasteiger partial charge is 0.220 e. The number of carbonyl (C=O) groups excluding carboxylic acids is 1. The molecule has 0 atom stereocenters. The van der Waals surface area contributed by atoms with E-state index in [0.29, 0.717) is 26.0 Å². The van der Waals surface area contributed by atoms with Gasteiger partial charge in [0.2, 0.25) is 5.91 Å². The van der Waals surface area contributed by atoms with Gasteiger partial charge in [-0.1, -0.05) is 12.1 Å². The van der Waals surface area contributed by atoms with Crippen molar-refractivity contribution in [2.75, 3.05) is 19.8 Å². The van der Waals surface area contributed by atoms with E-state index in [0.717, 1.165) is 12.8 Å². The Morgan fingerprint density at radius 1 is 1.40 bits per heavy atom. The van der Waals surface area contributed by atoms with Crippen LogP contribution in [0.2, 0.25) is 0 Å². The van der Waals surface area contributed by atoms with Crippen molar-refractivity contribution in [3.05, 3.63) is 30.1 Å². The Morgan fingerprint density at radius 3 is 2.80 bits per heavy atom. The monoisotopic (exact) mass is 281 g/mol. The standard InChI is InChI=1S/C15H20FNO3/c16-12-4-1-2-5-13(12)20-9-3-6-14(19)17-10-15(11-18)7-8-15/h1-2,4-5,18H,3,6-11H2,(H,17,19). The molecule has 0 radical (unpaired) electrons. The lowest BCUT2D eigenvalue weighted by Crippen LogP contribution is -2.31. The average Bonchev–Trinajstić information content (AvgIpc) is 3.24. The second-order valence-electron chi connectivity index (χ2n) is 5.32. The second kappa shape index (κ2) is 6.70. The molecule has 1 aliphatic carbocycles. The summed E-state index contributed by atoms with van der Waals surface area (Å²) in [5, 5.41) is 11.9. The topological polar surface area (TPSA) is 58.6 Å². The van der Waals surface area contributed by atoms with E-state index in [9.17, 15) is 9.18 Å². The minimum absolute atomic E-state index is 0.0538. The van der Waals surface area contributed by atoms with Crippen LogP contribution in [0, 0.1) is 11.2 Å². The molecule has 20 heavy (non-hydrogen) atoms. The molecular formula is C15H20FNO3. The summed E-state index contributed by atoms with van der Waals surface area (Å²) in [5.41, 5.74) is -0.0701. The summed E-state index contributed by atoms with van der Waals surface area (Å²) in [6.45, 7) is 0.972. The van der Waals surface area contributed by atoms with Gasteiger partial charge in [-0.2, -0.15) is 0 Å². The molecule has 1 aromatic carbocycles. The van der Waals surface area contributed by atoms with Crippen LogP contribution in [-0.4, -0.2) is 30.8 Å². The first-order valence-electron chi connectivity index (χ1n) is 6.90. The first kappa shape index (κ1) is 14.8. The Morgan fingerprint density at radius 2 is 2.15 bits per heavy atom. The van der Waals surface area contributed by atoms with Gasteiger partial charge in [0.15, 0.2) is 11.6 Å². The Labute approximate surface area is 117 Å². The molecule has 0 saturated heterocycles. The molecule has 1 amide bonds. The highest BCUT2D eigenvalue weighted by molar-refractivity contribution is 5.75. The van der Waals surface area contributed by atoms with Gasteiger partial charge in [-0.05, 0) is 31.4 Å². The summed E-state index contributed by atoms with van der Waals surface area (Å²) >= 11 is 0. The number of amides is 1. The number of aliphatic hydroxyl groups excluding tert-OH is 1. The summed E-state index contributed by atoms with van der Waals surface area (Å²) in [5.74, 6) is -0.234. The average molecular weight is 281 g/mol. The van der Waals surface area contributed by atoms with Gasteiger partial charge in [0.1, 0.15) is 0 Å². The van der Waals surface area contributed by atoms with E-state index in [1.807, 2.05) is 0 Å². The van der Waals surface area contributed by atoms with Crippen molar-refractivity contribution in [3.8, 4) is 5.75 Å². The van der Waals surface area contributed by atoms with Crippen molar-refractivity contribution < 1.29 is 19.0 Å². The fraction of sp³-hybridized carbons (Fsp3) is 0.533. The third kappa shape index (κ3) is 4.20. The molecule has 110 valence electrons. The molecule has 1 aromatic rings. The first-order chi connectivity index (χ1) is 9.65. The molecular weight excluding hydrogens is 261 g/mol. The van der Waals surface area contributed by atoms with Crippen LogP contribution in [0.1, 0.15) is 25.7 Å². The zero-order valence-electron chi connectivity index (χ0n) is 11.4. The fourth-order valence-corrected chi connectivity index (χ4v) is 1.92. The van der Waals surface area contributed by atoms with Gasteiger partial charge in [-0.25, -0.2) is 4.39 Å². The highest BCUT2D eigenvalue weighted by atomic mass is 19.1. The van der Waals surface area contributed by atoms with Gasteiger partial charge < -0.3 is 15.2 Å². The van der Waals surface area contributed by atoms with Crippen LogP contribution in [-0.2, 0) is 4.79 Å². The molecule has 4 nitrogen and oxygen atoms in total. The van der Waals surface area contributed by atoms with Crippen molar-refractivity contribution in [2.45, 2.75) is 25.7 Å². The lowest BCUT2D eigenvalue weighted by Gasteiger charge is -2.12. The van der Waals surface area contributed by atoms with Gasteiger partial charge in [-0.3, -0.25) is 4.79 Å². The second-order valence-corrected chi connectivity index (χ2v) is 5.32. The molecule has 2 N–H and O–H groups in total. The maximum atomic E-state index is 13.2. The largest absolute Gasteiger partial charge is 0.491 e. The van der Waals surface area contributed by atoms with E-state index in [4.69, 9.17) is 9.84 Å². The van der Waals surface area contributed by atoms with Crippen LogP contribution in [0.25, 0.3) is 0 Å². The normalized spacial score (nSPS) is 15.7. The van der Waals surface area contributed by atoms with Crippen LogP contribution >= 0.6 is 0 Å². The van der Waals surface area contributed by atoms with Crippen molar-refractivity contribution in [3.63, 3.8) is 0 Å². The summed E-state index contributed by atoms with van der Waals surface area (Å²) in [7, 11) is 0. The number of hydrogen-bond donors (Lipinski definition) is 2. The van der Waals surface area contributed by atoms with Crippen molar-refractivity contribution in [1.82, 2.24) is 5.32 Å². The molecule has 0 heterocycles. The summed E-state index contributed by atoms with van der Waals surface area (Å²) in [6.07, 6.45) is 2.82. The molecule has 0 aliphatic heterocycles. The van der Waals surface area contributed by atoms with E-state index in [1.165, 1.54) is 6.07 Å². The zero-order chi connectivity index (χ0) is 14.4. The quantitative estimate of drug-likeness (QED) is 0.715. The lowest BCUT2D eigenvalue weighted by molar-refractivity contribution is -0.121. The summed E-state index contributed by atoms with van der Waals surface area (Å²) in [6, 6.07) is 6.21. The number of benzene rings is 1. The van der Waals surface area contributed by atoms with E-state index in [2.05, 4.69) is 5.32 Å². The van der Waals surface area contributed by atoms with Gasteiger partial charge in [0, 0.05) is 18.4 Å². The predicted octanol–water partition coefficient (Wildman–Crippen LogP) is 1.87. The van der Waals surface area contributed by atoms with Crippen LogP contribution in [0.15, 0.2) is 24.3 Å². The van der Waals surface area contributed by atoms with Crippen LogP contribution in [0.4, 0.5) is 4.39 Å². The lowest BCUT2D eigenvalue weighted by atomic mass is 10.1. The van der Waals surface area contributed by atoms with Crippen molar-refractivity contribution in [1.29, 1.82) is 0 Å².